The number of nitrogens with zero attached hydrogens (tertiary/aromatic N) is 2. The molecule has 4 aromatic carbocycles. The number of ketones is 2. The molecule has 2 aliphatic carbocycles. The molecule has 2 fully saturated rings. The number of aliphatic carboxylic acids is 3. The van der Waals surface area contributed by atoms with Crippen molar-refractivity contribution in [2.45, 2.75) is 59.3 Å². The molecule has 5 N–H and O–H groups in total. The number of allylic oxidation sites excluding steroid dienone is 4. The van der Waals surface area contributed by atoms with Crippen LogP contribution in [0.4, 0.5) is 22.7 Å². The van der Waals surface area contributed by atoms with Crippen LogP contribution in [0.15, 0.2) is 119 Å². The molecule has 14 nitrogen and oxygen atoms in total. The van der Waals surface area contributed by atoms with Gasteiger partial charge in [0.05, 0.1) is 12.8 Å². The summed E-state index contributed by atoms with van der Waals surface area (Å²) in [6.45, 7) is 7.43. The van der Waals surface area contributed by atoms with E-state index in [2.05, 4.69) is 33.2 Å². The monoisotopic (exact) mass is 1140 g/mol. The normalized spacial score (nSPS) is 14.9. The van der Waals surface area contributed by atoms with Crippen molar-refractivity contribution in [2.24, 2.45) is 5.92 Å². The molecule has 4 aromatic rings. The summed E-state index contributed by atoms with van der Waals surface area (Å²) in [5.41, 5.74) is 11.4. The predicted octanol–water partition coefficient (Wildman–Crippen LogP) is -5.13. The van der Waals surface area contributed by atoms with Crippen molar-refractivity contribution in [1.29, 1.82) is 0 Å². The van der Waals surface area contributed by atoms with E-state index in [9.17, 15) is 19.2 Å². The number of hydrogen-bond acceptors (Lipinski definition) is 12. The Kier molecular flexibility index (Phi) is 52.4. The molecule has 0 amide bonds. The number of carboxylic acid groups (broad SMARTS) is 3. The van der Waals surface area contributed by atoms with Gasteiger partial charge in [-0.05, 0) is 134 Å². The van der Waals surface area contributed by atoms with Gasteiger partial charge in [-0.3, -0.25) is 25.5 Å². The maximum atomic E-state index is 13.0. The molecular formula is C55H70KN4Na4O10P2-. The molecule has 0 aromatic heterocycles. The van der Waals surface area contributed by atoms with Crippen molar-refractivity contribution in [2.75, 3.05) is 68.4 Å². The number of hydrogen-bond donors (Lipinski definition) is 4. The van der Waals surface area contributed by atoms with Crippen LogP contribution in [0.1, 0.15) is 84.4 Å². The molecule has 6 rings (SSSR count). The zero-order valence-electron chi connectivity index (χ0n) is 48.9. The Labute approximate surface area is 588 Å². The fraction of sp³-hybridized carbons (Fsp3) is 0.309. The Morgan fingerprint density at radius 3 is 1.14 bits per heavy atom. The van der Waals surface area contributed by atoms with Crippen LogP contribution >= 0.6 is 17.2 Å². The molecule has 76 heavy (non-hydrogen) atoms. The second kappa shape index (κ2) is 47.5. The van der Waals surface area contributed by atoms with Gasteiger partial charge in [0.1, 0.15) is 0 Å². The van der Waals surface area contributed by atoms with Crippen LogP contribution in [0, 0.1) is 5.92 Å². The number of rotatable bonds is 14. The van der Waals surface area contributed by atoms with E-state index >= 15 is 0 Å². The molecule has 2 aliphatic rings. The Balaban J connectivity index is -0.000000206. The number of anilines is 4. The van der Waals surface area contributed by atoms with E-state index in [0.717, 1.165) is 87.1 Å². The van der Waals surface area contributed by atoms with Gasteiger partial charge in [-0.2, -0.15) is 13.6 Å². The third-order valence-electron chi connectivity index (χ3n) is 10.7. The first kappa shape index (κ1) is 83.7. The van der Waals surface area contributed by atoms with Crippen LogP contribution in [0.25, 0.3) is 24.3 Å². The molecule has 386 valence electrons. The number of nitrogens with one attached hydrogen (secondary N) is 2. The van der Waals surface area contributed by atoms with Crippen LogP contribution in [0.3, 0.4) is 0 Å². The first-order valence-corrected chi connectivity index (χ1v) is 25.6. The van der Waals surface area contributed by atoms with Crippen LogP contribution in [0.5, 0.6) is 0 Å². The topological polar surface area (TPSA) is 226 Å². The third kappa shape index (κ3) is 33.6. The van der Waals surface area contributed by atoms with Crippen molar-refractivity contribution >= 4 is 100 Å². The van der Waals surface area contributed by atoms with Gasteiger partial charge < -0.3 is 70.9 Å². The summed E-state index contributed by atoms with van der Waals surface area (Å²) < 4.78 is 0. The van der Waals surface area contributed by atoms with Crippen molar-refractivity contribution in [1.82, 2.24) is 0 Å². The Morgan fingerprint density at radius 2 is 0.895 bits per heavy atom. The maximum Gasteiger partial charge on any atom is 1.00 e. The molecule has 21 heteroatoms. The number of benzene rings is 4. The van der Waals surface area contributed by atoms with Crippen LogP contribution in [-0.4, -0.2) is 99.4 Å². The van der Waals surface area contributed by atoms with Gasteiger partial charge in [-0.1, -0.05) is 55.5 Å². The summed E-state index contributed by atoms with van der Waals surface area (Å²) >= 11 is 0. The van der Waals surface area contributed by atoms with E-state index in [0.29, 0.717) is 31.8 Å². The quantitative estimate of drug-likeness (QED) is 0.0402. The van der Waals surface area contributed by atoms with E-state index in [-0.39, 0.29) is 202 Å². The average Bonchev–Trinajstić information content (AvgIpc) is 3.67. The van der Waals surface area contributed by atoms with Gasteiger partial charge in [0.2, 0.25) is 0 Å². The molecule has 0 heterocycles. The molecule has 0 saturated heterocycles. The molecule has 1 atom stereocenters. The SMILES string of the molecule is CC(=O)[O-].CN(CCC(=O)O)c1ccc(/C=C2\CC/C(=C\c3ccc(N(C)CCC(=O)O)cc3)C2=O)cc1.CNc1ccc(/C=C2\CC(C)C/C(=C\c3ccc(NC)cc3)C2=O)cc1.C[C-]=O.C[P-]P.[H-].[H-].[K+].[Na+].[Na+].[Na+].[Na+].[OH-]. The van der Waals surface area contributed by atoms with E-state index in [1.165, 1.54) is 21.5 Å². The molecular weight excluding hydrogens is 1070 g/mol. The molecule has 0 radical (unpaired) electrons. The van der Waals surface area contributed by atoms with Crippen molar-refractivity contribution in [3.63, 3.8) is 0 Å². The summed E-state index contributed by atoms with van der Waals surface area (Å²) in [5, 5.41) is 32.8. The van der Waals surface area contributed by atoms with E-state index in [1.807, 2.05) is 159 Å². The molecule has 0 aliphatic heterocycles. The predicted molar refractivity (Wildman–Crippen MR) is 294 cm³/mol. The zero-order chi connectivity index (χ0) is 52.2. The van der Waals surface area contributed by atoms with Gasteiger partial charge in [0, 0.05) is 92.3 Å². The standard InChI is InChI=1S/C27H30N2O5.C23H26N2O.C2H4O2.C2H3O.CH5P2.K.4Na.H2O.2H/c1-28(15-13-25(30)31)23-9-3-19(4-10-23)17-21-7-8-22(27(21)34)18-20-5-11-24(12-6-20)29(2)16-14-26(32)33;1-16-12-19(14-17-4-8-21(24-2)9-5-17)23(26)20(13-16)15-18-6-10-22(25-3)11-7-18;1-2(3)4;1-2-3;1-3-2;;;;;;;;/h3-6,9-12,17-18H,7-8,13-16H2,1-2H3,(H,30,31)(H,32,33);4-11,14-16,24-25H,12-13H2,1-3H3;1H3,(H,3,4);1H3;2H2,1H3;;;;;;1H2;;/q;;;2*-1;5*+1;;2*-1/p-2/b21-17+,22-18+;19-14+,20-15+;;;;;;;;;;;. The fourth-order valence-corrected chi connectivity index (χ4v) is 7.17. The zero-order valence-corrected chi connectivity index (χ0v) is 60.1. The number of carbonyl (C=O) groups is 5. The Bertz CT molecular complexity index is 2330. The summed E-state index contributed by atoms with van der Waals surface area (Å²) in [4.78, 5) is 68.7. The van der Waals surface area contributed by atoms with Crippen LogP contribution < -0.4 is 195 Å². The summed E-state index contributed by atoms with van der Waals surface area (Å²) in [5.74, 6) is -2.02. The van der Waals surface area contributed by atoms with Gasteiger partial charge >= 0.3 is 182 Å². The number of carboxylic acids is 3. The first-order chi connectivity index (χ1) is 33.4. The molecule has 1 unspecified atom stereocenters. The summed E-state index contributed by atoms with van der Waals surface area (Å²) in [6.07, 6.45) is 12.6. The maximum absolute atomic E-state index is 13.0. The smallest absolute Gasteiger partial charge is 1.00 e. The Morgan fingerprint density at radius 1 is 0.658 bits per heavy atom. The summed E-state index contributed by atoms with van der Waals surface area (Å²) in [7, 11) is 11.4. The molecule has 0 spiro atoms. The van der Waals surface area contributed by atoms with Gasteiger partial charge in [-0.25, -0.2) is 0 Å². The van der Waals surface area contributed by atoms with Crippen LogP contribution in [0.2, 0.25) is 0 Å². The minimum atomic E-state index is -1.08. The minimum absolute atomic E-state index is 0. The second-order valence-corrected chi connectivity index (χ2v) is 18.4. The number of Topliss-reactive ketones (excluding diaryl/α,β-unsaturated/α-hetero) is 2. The van der Waals surface area contributed by atoms with Gasteiger partial charge in [0.25, 0.3) is 0 Å². The largest absolute Gasteiger partial charge is 1.00 e. The van der Waals surface area contributed by atoms with E-state index < -0.39 is 17.9 Å². The van der Waals surface area contributed by atoms with Crippen molar-refractivity contribution < 1.29 is 222 Å². The first-order valence-electron chi connectivity index (χ1n) is 22.7. The van der Waals surface area contributed by atoms with Gasteiger partial charge in [-0.15, -0.1) is 0 Å². The van der Waals surface area contributed by atoms with E-state index in [4.69, 9.17) is 24.9 Å². The fourth-order valence-electron chi connectivity index (χ4n) is 7.17. The Hall–Kier alpha value is -1.08. The van der Waals surface area contributed by atoms with Crippen LogP contribution in [-0.2, 0) is 28.8 Å². The van der Waals surface area contributed by atoms with E-state index in [1.54, 1.807) is 0 Å². The molecule has 2 saturated carbocycles. The number of carbonyl (C=O) groups excluding carboxylic acids is 4. The minimum Gasteiger partial charge on any atom is -1.00 e. The van der Waals surface area contributed by atoms with Gasteiger partial charge in [0.15, 0.2) is 11.6 Å². The second-order valence-electron chi connectivity index (χ2n) is 16.4. The average molecular weight is 1140 g/mol. The molecule has 0 bridgehead atoms. The van der Waals surface area contributed by atoms with Crippen molar-refractivity contribution in [3.05, 3.63) is 142 Å². The third-order valence-corrected chi connectivity index (χ3v) is 10.7. The van der Waals surface area contributed by atoms with Crippen molar-refractivity contribution in [3.8, 4) is 0 Å². The summed E-state index contributed by atoms with van der Waals surface area (Å²) in [6, 6.07) is 31.8.